The molecule has 0 aromatic heterocycles. The van der Waals surface area contributed by atoms with Crippen molar-refractivity contribution >= 4 is 10.0 Å². The molecule has 96 valence electrons. The Bertz CT molecular complexity index is 326. The van der Waals surface area contributed by atoms with E-state index in [1.165, 1.54) is 6.42 Å². The van der Waals surface area contributed by atoms with Crippen LogP contribution in [0.4, 0.5) is 0 Å². The lowest BCUT2D eigenvalue weighted by atomic mass is 9.69. The minimum absolute atomic E-state index is 0.146. The normalized spacial score (nSPS) is 20.5. The second-order valence-electron chi connectivity index (χ2n) is 5.82. The first-order chi connectivity index (χ1) is 7.22. The second-order valence-corrected chi connectivity index (χ2v) is 8.34. The maximum Gasteiger partial charge on any atom is 0.216 e. The first-order valence-corrected chi connectivity index (χ1v) is 7.35. The smallest absolute Gasteiger partial charge is 0.216 e. The van der Waals surface area contributed by atoms with Crippen molar-refractivity contribution in [1.82, 2.24) is 10.0 Å². The molecule has 1 rings (SSSR count). The Kier molecular flexibility index (Phi) is 4.03. The quantitative estimate of drug-likeness (QED) is 0.766. The van der Waals surface area contributed by atoms with Crippen molar-refractivity contribution in [2.75, 3.05) is 20.1 Å². The summed E-state index contributed by atoms with van der Waals surface area (Å²) >= 11 is 0. The fourth-order valence-corrected chi connectivity index (χ4v) is 2.86. The number of sulfonamides is 1. The molecule has 5 heteroatoms. The highest BCUT2D eigenvalue weighted by Crippen LogP contribution is 2.39. The molecule has 4 nitrogen and oxygen atoms in total. The third-order valence-corrected chi connectivity index (χ3v) is 5.55. The van der Waals surface area contributed by atoms with E-state index >= 15 is 0 Å². The van der Waals surface area contributed by atoms with Crippen molar-refractivity contribution < 1.29 is 8.42 Å². The lowest BCUT2D eigenvalue weighted by Crippen LogP contribution is -2.50. The van der Waals surface area contributed by atoms with Crippen LogP contribution in [0.5, 0.6) is 0 Å². The van der Waals surface area contributed by atoms with Gasteiger partial charge in [-0.25, -0.2) is 13.1 Å². The Hall–Kier alpha value is -0.130. The Labute approximate surface area is 99.2 Å². The van der Waals surface area contributed by atoms with Crippen LogP contribution < -0.4 is 10.0 Å². The van der Waals surface area contributed by atoms with Crippen LogP contribution in [0.1, 0.15) is 40.0 Å². The fraction of sp³-hybridized carbons (Fsp3) is 1.00. The summed E-state index contributed by atoms with van der Waals surface area (Å²) in [6, 6.07) is 0. The van der Waals surface area contributed by atoms with E-state index in [1.54, 1.807) is 20.8 Å². The third kappa shape index (κ3) is 2.96. The molecule has 0 bridgehead atoms. The molecule has 0 saturated heterocycles. The molecule has 1 saturated carbocycles. The second kappa shape index (κ2) is 4.63. The molecule has 16 heavy (non-hydrogen) atoms. The summed E-state index contributed by atoms with van der Waals surface area (Å²) in [5.41, 5.74) is 0.146. The maximum absolute atomic E-state index is 11.9. The van der Waals surface area contributed by atoms with Crippen molar-refractivity contribution in [1.29, 1.82) is 0 Å². The van der Waals surface area contributed by atoms with Gasteiger partial charge in [0.1, 0.15) is 0 Å². The van der Waals surface area contributed by atoms with Gasteiger partial charge in [0.05, 0.1) is 4.75 Å². The average Bonchev–Trinajstić information content (AvgIpc) is 2.07. The Morgan fingerprint density at radius 1 is 1.19 bits per heavy atom. The highest BCUT2D eigenvalue weighted by molar-refractivity contribution is 7.90. The van der Waals surface area contributed by atoms with Crippen molar-refractivity contribution in [2.24, 2.45) is 5.41 Å². The lowest BCUT2D eigenvalue weighted by molar-refractivity contribution is 0.139. The van der Waals surface area contributed by atoms with E-state index in [0.29, 0.717) is 6.54 Å². The van der Waals surface area contributed by atoms with E-state index in [2.05, 4.69) is 10.0 Å². The van der Waals surface area contributed by atoms with Gasteiger partial charge >= 0.3 is 0 Å². The molecule has 1 aliphatic rings. The van der Waals surface area contributed by atoms with Gasteiger partial charge in [-0.15, -0.1) is 0 Å². The molecule has 1 fully saturated rings. The van der Waals surface area contributed by atoms with Crippen LogP contribution in [0.3, 0.4) is 0 Å². The van der Waals surface area contributed by atoms with Crippen LogP contribution in [0, 0.1) is 5.41 Å². The van der Waals surface area contributed by atoms with Gasteiger partial charge in [-0.05, 0) is 46.1 Å². The molecule has 0 radical (unpaired) electrons. The Morgan fingerprint density at radius 3 is 2.06 bits per heavy atom. The van der Waals surface area contributed by atoms with Crippen molar-refractivity contribution in [3.05, 3.63) is 0 Å². The van der Waals surface area contributed by atoms with Gasteiger partial charge in [0, 0.05) is 13.1 Å². The number of hydrogen-bond acceptors (Lipinski definition) is 3. The van der Waals surface area contributed by atoms with E-state index < -0.39 is 14.8 Å². The standard InChI is InChI=1S/C11H24N2O2S/c1-10(2,3)16(14,15)13-9-11(8-12-4)6-5-7-11/h12-13H,5-9H2,1-4H3. The van der Waals surface area contributed by atoms with E-state index in [4.69, 9.17) is 0 Å². The van der Waals surface area contributed by atoms with Crippen LogP contribution in [0.15, 0.2) is 0 Å². The molecular weight excluding hydrogens is 224 g/mol. The van der Waals surface area contributed by atoms with Crippen LogP contribution in [-0.4, -0.2) is 33.3 Å². The summed E-state index contributed by atoms with van der Waals surface area (Å²) in [5.74, 6) is 0. The number of hydrogen-bond donors (Lipinski definition) is 2. The van der Waals surface area contributed by atoms with Crippen LogP contribution in [0.25, 0.3) is 0 Å². The van der Waals surface area contributed by atoms with E-state index in [-0.39, 0.29) is 5.41 Å². The minimum atomic E-state index is -3.20. The molecule has 0 aromatic carbocycles. The largest absolute Gasteiger partial charge is 0.319 e. The predicted molar refractivity (Wildman–Crippen MR) is 66.9 cm³/mol. The molecule has 0 heterocycles. The molecule has 0 spiro atoms. The maximum atomic E-state index is 11.9. The SMILES string of the molecule is CNCC1(CNS(=O)(=O)C(C)(C)C)CCC1. The van der Waals surface area contributed by atoms with Gasteiger partial charge in [0.25, 0.3) is 0 Å². The summed E-state index contributed by atoms with van der Waals surface area (Å²) in [4.78, 5) is 0. The average molecular weight is 248 g/mol. The van der Waals surface area contributed by atoms with E-state index in [0.717, 1.165) is 19.4 Å². The van der Waals surface area contributed by atoms with Gasteiger partial charge in [-0.1, -0.05) is 6.42 Å². The van der Waals surface area contributed by atoms with Gasteiger partial charge in [0.15, 0.2) is 0 Å². The molecule has 0 aliphatic heterocycles. The highest BCUT2D eigenvalue weighted by atomic mass is 32.2. The summed E-state index contributed by atoms with van der Waals surface area (Å²) < 4.78 is 25.9. The third-order valence-electron chi connectivity index (χ3n) is 3.41. The summed E-state index contributed by atoms with van der Waals surface area (Å²) in [6.07, 6.45) is 3.43. The molecule has 0 unspecified atom stereocenters. The topological polar surface area (TPSA) is 58.2 Å². The number of nitrogens with one attached hydrogen (secondary N) is 2. The summed E-state index contributed by atoms with van der Waals surface area (Å²) in [7, 11) is -1.29. The minimum Gasteiger partial charge on any atom is -0.319 e. The van der Waals surface area contributed by atoms with Crippen molar-refractivity contribution in [2.45, 2.75) is 44.8 Å². The first-order valence-electron chi connectivity index (χ1n) is 5.86. The summed E-state index contributed by atoms with van der Waals surface area (Å²) in [5, 5.41) is 3.15. The molecule has 1 aliphatic carbocycles. The zero-order chi connectivity index (χ0) is 12.4. The lowest BCUT2D eigenvalue weighted by Gasteiger charge is -2.42. The van der Waals surface area contributed by atoms with Gasteiger partial charge in [-0.2, -0.15) is 0 Å². The van der Waals surface area contributed by atoms with Gasteiger partial charge in [-0.3, -0.25) is 0 Å². The van der Waals surface area contributed by atoms with Gasteiger partial charge < -0.3 is 5.32 Å². The highest BCUT2D eigenvalue weighted by Gasteiger charge is 2.38. The van der Waals surface area contributed by atoms with E-state index in [9.17, 15) is 8.42 Å². The molecule has 0 atom stereocenters. The van der Waals surface area contributed by atoms with Crippen LogP contribution >= 0.6 is 0 Å². The number of rotatable bonds is 5. The van der Waals surface area contributed by atoms with Crippen molar-refractivity contribution in [3.63, 3.8) is 0 Å². The molecule has 0 amide bonds. The Morgan fingerprint density at radius 2 is 1.75 bits per heavy atom. The van der Waals surface area contributed by atoms with Crippen molar-refractivity contribution in [3.8, 4) is 0 Å². The summed E-state index contributed by atoms with van der Waals surface area (Å²) in [6.45, 7) is 6.62. The molecule has 0 aromatic rings. The fourth-order valence-electron chi connectivity index (χ4n) is 1.93. The zero-order valence-corrected chi connectivity index (χ0v) is 11.6. The predicted octanol–water partition coefficient (Wildman–Crippen LogP) is 1.09. The molecule has 2 N–H and O–H groups in total. The zero-order valence-electron chi connectivity index (χ0n) is 10.8. The van der Waals surface area contributed by atoms with Crippen LogP contribution in [-0.2, 0) is 10.0 Å². The van der Waals surface area contributed by atoms with Crippen LogP contribution in [0.2, 0.25) is 0 Å². The first kappa shape index (κ1) is 13.9. The monoisotopic (exact) mass is 248 g/mol. The Balaban J connectivity index is 2.57. The molecular formula is C11H24N2O2S. The van der Waals surface area contributed by atoms with E-state index in [1.807, 2.05) is 7.05 Å². The van der Waals surface area contributed by atoms with Gasteiger partial charge in [0.2, 0.25) is 10.0 Å².